The molecule has 2 saturated heterocycles. The zero-order valence-corrected chi connectivity index (χ0v) is 20.6. The molecule has 1 aromatic rings. The molecule has 0 saturated carbocycles. The Balaban J connectivity index is 1.80. The van der Waals surface area contributed by atoms with Crippen molar-refractivity contribution in [2.24, 2.45) is 0 Å². The Labute approximate surface area is 194 Å². The second kappa shape index (κ2) is 8.54. The average Bonchev–Trinajstić information content (AvgIpc) is 2.87. The smallest absolute Gasteiger partial charge is 0.444 e. The molecule has 0 bridgehead atoms. The summed E-state index contributed by atoms with van der Waals surface area (Å²) < 4.78 is 47.3. The first-order valence-corrected chi connectivity index (χ1v) is 11.2. The van der Waals surface area contributed by atoms with Crippen LogP contribution in [0.1, 0.15) is 65.7 Å². The van der Waals surface area contributed by atoms with Crippen molar-refractivity contribution >= 4 is 24.6 Å². The summed E-state index contributed by atoms with van der Waals surface area (Å²) in [5.74, 6) is -2.74. The van der Waals surface area contributed by atoms with E-state index < -0.39 is 53.1 Å². The number of halogens is 2. The fourth-order valence-corrected chi connectivity index (χ4v) is 3.81. The Hall–Kier alpha value is -2.20. The maximum absolute atomic E-state index is 15.5. The third kappa shape index (κ3) is 5.01. The summed E-state index contributed by atoms with van der Waals surface area (Å²) in [6, 6.07) is 1.92. The van der Waals surface area contributed by atoms with Crippen LogP contribution in [0.15, 0.2) is 12.1 Å². The van der Waals surface area contributed by atoms with Crippen molar-refractivity contribution in [1.82, 2.24) is 9.80 Å². The molecule has 7 nitrogen and oxygen atoms in total. The molecule has 1 aromatic carbocycles. The first kappa shape index (κ1) is 25.4. The van der Waals surface area contributed by atoms with Crippen LogP contribution in [0.4, 0.5) is 13.6 Å². The van der Waals surface area contributed by atoms with E-state index >= 15 is 4.39 Å². The van der Waals surface area contributed by atoms with E-state index in [1.54, 1.807) is 27.7 Å². The molecule has 182 valence electrons. The summed E-state index contributed by atoms with van der Waals surface area (Å²) in [5, 5.41) is 0. The minimum atomic E-state index is -1.06. The lowest BCUT2D eigenvalue weighted by molar-refractivity contribution is 0.00182. The number of ether oxygens (including phenoxy) is 1. The van der Waals surface area contributed by atoms with Gasteiger partial charge in [0.05, 0.1) is 11.2 Å². The van der Waals surface area contributed by atoms with Crippen molar-refractivity contribution in [2.45, 2.75) is 78.2 Å². The van der Waals surface area contributed by atoms with Crippen molar-refractivity contribution in [2.75, 3.05) is 19.6 Å². The van der Waals surface area contributed by atoms with Gasteiger partial charge in [0.2, 0.25) is 0 Å². The Morgan fingerprint density at radius 1 is 1.09 bits per heavy atom. The summed E-state index contributed by atoms with van der Waals surface area (Å²) in [6.07, 6.45) is -0.484. The van der Waals surface area contributed by atoms with Gasteiger partial charge < -0.3 is 23.8 Å². The second-order valence-corrected chi connectivity index (χ2v) is 10.7. The van der Waals surface area contributed by atoms with E-state index in [1.807, 2.05) is 27.7 Å². The Morgan fingerprint density at radius 2 is 1.67 bits per heavy atom. The summed E-state index contributed by atoms with van der Waals surface area (Å²) in [7, 11) is -1.06. The highest BCUT2D eigenvalue weighted by Crippen LogP contribution is 2.37. The highest BCUT2D eigenvalue weighted by molar-refractivity contribution is 6.62. The summed E-state index contributed by atoms with van der Waals surface area (Å²) in [5.41, 5.74) is -2.75. The zero-order valence-electron chi connectivity index (χ0n) is 20.6. The molecule has 0 aliphatic carbocycles. The largest absolute Gasteiger partial charge is 0.497 e. The minimum Gasteiger partial charge on any atom is -0.444 e. The maximum Gasteiger partial charge on any atom is 0.497 e. The standard InChI is InChI=1S/C23H33BF2N2O5/c1-14-13-27(11-12-28(14)20(30)31-21(2,3)4)19(29)17-16(25)10-9-15(18(17)26)24-32-22(5,6)23(7,8)33-24/h9-10,14H,11-13H2,1-8H3/t14-/m0/s1. The van der Waals surface area contributed by atoms with Crippen LogP contribution in [0.2, 0.25) is 0 Å². The molecule has 3 rings (SSSR count). The number of carbonyl (C=O) groups is 2. The van der Waals surface area contributed by atoms with Crippen molar-refractivity contribution < 1.29 is 32.4 Å². The van der Waals surface area contributed by atoms with Crippen LogP contribution in [0.25, 0.3) is 0 Å². The van der Waals surface area contributed by atoms with E-state index in [2.05, 4.69) is 0 Å². The van der Waals surface area contributed by atoms with E-state index in [4.69, 9.17) is 14.0 Å². The molecule has 1 atom stereocenters. The van der Waals surface area contributed by atoms with Crippen LogP contribution in [-0.2, 0) is 14.0 Å². The molecular weight excluding hydrogens is 433 g/mol. The number of rotatable bonds is 2. The van der Waals surface area contributed by atoms with Gasteiger partial charge in [-0.1, -0.05) is 6.07 Å². The lowest BCUT2D eigenvalue weighted by atomic mass is 9.77. The average molecular weight is 466 g/mol. The second-order valence-electron chi connectivity index (χ2n) is 10.7. The normalized spacial score (nSPS) is 22.5. The molecule has 33 heavy (non-hydrogen) atoms. The van der Waals surface area contributed by atoms with Crippen LogP contribution in [0.3, 0.4) is 0 Å². The number of benzene rings is 1. The van der Waals surface area contributed by atoms with Crippen LogP contribution in [0, 0.1) is 11.6 Å². The predicted octanol–water partition coefficient (Wildman–Crippen LogP) is 3.35. The molecule has 2 heterocycles. The fourth-order valence-electron chi connectivity index (χ4n) is 3.81. The van der Waals surface area contributed by atoms with E-state index in [0.717, 1.165) is 6.07 Å². The van der Waals surface area contributed by atoms with Gasteiger partial charge in [-0.3, -0.25) is 4.79 Å². The fraction of sp³-hybridized carbons (Fsp3) is 0.652. The lowest BCUT2D eigenvalue weighted by Gasteiger charge is -2.40. The summed E-state index contributed by atoms with van der Waals surface area (Å²) >= 11 is 0. The van der Waals surface area contributed by atoms with E-state index in [0.29, 0.717) is 0 Å². The predicted molar refractivity (Wildman–Crippen MR) is 120 cm³/mol. The molecule has 2 aliphatic rings. The Morgan fingerprint density at radius 3 is 2.18 bits per heavy atom. The molecule has 0 spiro atoms. The van der Waals surface area contributed by atoms with Gasteiger partial charge in [0.25, 0.3) is 5.91 Å². The van der Waals surface area contributed by atoms with Gasteiger partial charge in [0, 0.05) is 31.1 Å². The Kier molecular flexibility index (Phi) is 6.58. The molecule has 10 heteroatoms. The lowest BCUT2D eigenvalue weighted by Crippen LogP contribution is -2.56. The van der Waals surface area contributed by atoms with Crippen LogP contribution in [-0.4, -0.2) is 71.4 Å². The molecule has 0 N–H and O–H groups in total. The third-order valence-corrected chi connectivity index (χ3v) is 6.38. The van der Waals surface area contributed by atoms with Crippen LogP contribution < -0.4 is 5.46 Å². The quantitative estimate of drug-likeness (QED) is 0.626. The topological polar surface area (TPSA) is 68.3 Å². The SMILES string of the molecule is C[C@H]1CN(C(=O)c2c(F)ccc(B3OC(C)(C)C(C)(C)O3)c2F)CCN1C(=O)OC(C)(C)C. The molecule has 2 aliphatic heterocycles. The third-order valence-electron chi connectivity index (χ3n) is 6.38. The molecule has 0 unspecified atom stereocenters. The van der Waals surface area contributed by atoms with E-state index in [9.17, 15) is 14.0 Å². The number of carbonyl (C=O) groups excluding carboxylic acids is 2. The van der Waals surface area contributed by atoms with Crippen LogP contribution >= 0.6 is 0 Å². The zero-order chi connectivity index (χ0) is 24.9. The van der Waals surface area contributed by atoms with E-state index in [-0.39, 0.29) is 31.1 Å². The first-order chi connectivity index (χ1) is 15.0. The minimum absolute atomic E-state index is 0.0289. The van der Waals surface area contributed by atoms with Gasteiger partial charge in [0.15, 0.2) is 0 Å². The maximum atomic E-state index is 15.5. The number of nitrogens with zero attached hydrogens (tertiary/aromatic N) is 2. The highest BCUT2D eigenvalue weighted by Gasteiger charge is 2.53. The summed E-state index contributed by atoms with van der Waals surface area (Å²) in [4.78, 5) is 28.4. The van der Waals surface area contributed by atoms with E-state index in [1.165, 1.54) is 15.9 Å². The monoisotopic (exact) mass is 466 g/mol. The molecule has 2 amide bonds. The molecule has 2 fully saturated rings. The van der Waals surface area contributed by atoms with Crippen molar-refractivity contribution in [1.29, 1.82) is 0 Å². The summed E-state index contributed by atoms with van der Waals surface area (Å²) in [6.45, 7) is 14.8. The molecular formula is C23H33BF2N2O5. The highest BCUT2D eigenvalue weighted by atomic mass is 19.1. The van der Waals surface area contributed by atoms with Crippen molar-refractivity contribution in [3.8, 4) is 0 Å². The van der Waals surface area contributed by atoms with Gasteiger partial charge in [-0.15, -0.1) is 0 Å². The number of hydrogen-bond donors (Lipinski definition) is 0. The van der Waals surface area contributed by atoms with Crippen LogP contribution in [0.5, 0.6) is 0 Å². The van der Waals surface area contributed by atoms with Crippen molar-refractivity contribution in [3.05, 3.63) is 29.3 Å². The Bertz CT molecular complexity index is 932. The molecule has 0 radical (unpaired) electrons. The van der Waals surface area contributed by atoms with Gasteiger partial charge in [0.1, 0.15) is 22.8 Å². The number of amides is 2. The molecule has 0 aromatic heterocycles. The van der Waals surface area contributed by atoms with Crippen molar-refractivity contribution in [3.63, 3.8) is 0 Å². The van der Waals surface area contributed by atoms with Gasteiger partial charge in [-0.05, 0) is 61.5 Å². The van der Waals surface area contributed by atoms with Gasteiger partial charge >= 0.3 is 13.2 Å². The van der Waals surface area contributed by atoms with Gasteiger partial charge in [-0.25, -0.2) is 13.6 Å². The first-order valence-electron chi connectivity index (χ1n) is 11.2. The number of piperazine rings is 1. The van der Waals surface area contributed by atoms with Gasteiger partial charge in [-0.2, -0.15) is 0 Å². The number of hydrogen-bond acceptors (Lipinski definition) is 5.